The molecule has 0 aliphatic heterocycles. The van der Waals surface area contributed by atoms with Gasteiger partial charge in [-0.2, -0.15) is 0 Å². The fourth-order valence-corrected chi connectivity index (χ4v) is 1.69. The number of benzene rings is 1. The van der Waals surface area contributed by atoms with Crippen molar-refractivity contribution in [2.24, 2.45) is 5.73 Å². The molecule has 1 rings (SSSR count). The van der Waals surface area contributed by atoms with Crippen molar-refractivity contribution in [3.05, 3.63) is 39.9 Å². The number of nitrogens with zero attached hydrogens (tertiary/aromatic N) is 2. The van der Waals surface area contributed by atoms with Gasteiger partial charge in [0.2, 0.25) is 5.91 Å². The first-order valence-electron chi connectivity index (χ1n) is 5.96. The van der Waals surface area contributed by atoms with Gasteiger partial charge in [-0.25, -0.2) is 0 Å². The second-order valence-corrected chi connectivity index (χ2v) is 5.30. The van der Waals surface area contributed by atoms with Gasteiger partial charge in [0.15, 0.2) is 0 Å². The molecule has 19 heavy (non-hydrogen) atoms. The van der Waals surface area contributed by atoms with Crippen LogP contribution in [0.1, 0.15) is 25.8 Å². The summed E-state index contributed by atoms with van der Waals surface area (Å²) in [5, 5.41) is 10.9. The van der Waals surface area contributed by atoms with Crippen LogP contribution < -0.4 is 5.73 Å². The predicted molar refractivity (Wildman–Crippen MR) is 72.5 cm³/mol. The molecule has 1 amide bonds. The maximum Gasteiger partial charge on any atom is 0.274 e. The highest BCUT2D eigenvalue weighted by molar-refractivity contribution is 5.77. The third-order valence-corrected chi connectivity index (χ3v) is 2.63. The van der Waals surface area contributed by atoms with Gasteiger partial charge >= 0.3 is 0 Å². The molecule has 6 nitrogen and oxygen atoms in total. The van der Waals surface area contributed by atoms with Crippen molar-refractivity contribution in [3.8, 4) is 0 Å². The maximum absolute atomic E-state index is 11.9. The SMILES string of the molecule is CN(Cc1ccccc1[N+](=O)[O-])C(=O)CC(C)(C)N. The lowest BCUT2D eigenvalue weighted by molar-refractivity contribution is -0.385. The molecule has 0 unspecified atom stereocenters. The molecule has 0 atom stereocenters. The first-order valence-corrected chi connectivity index (χ1v) is 5.96. The molecule has 0 saturated heterocycles. The number of para-hydroxylation sites is 1. The minimum Gasteiger partial charge on any atom is -0.341 e. The molecular weight excluding hydrogens is 246 g/mol. The largest absolute Gasteiger partial charge is 0.341 e. The van der Waals surface area contributed by atoms with Crippen molar-refractivity contribution in [1.82, 2.24) is 4.90 Å². The Labute approximate surface area is 112 Å². The maximum atomic E-state index is 11.9. The Kier molecular flexibility index (Phi) is 4.61. The van der Waals surface area contributed by atoms with Crippen LogP contribution >= 0.6 is 0 Å². The van der Waals surface area contributed by atoms with E-state index in [1.165, 1.54) is 11.0 Å². The summed E-state index contributed by atoms with van der Waals surface area (Å²) in [5.74, 6) is -0.134. The number of nitrogens with two attached hydrogens (primary N) is 1. The van der Waals surface area contributed by atoms with Gasteiger partial charge in [0.05, 0.1) is 11.5 Å². The number of carbonyl (C=O) groups excluding carboxylic acids is 1. The minimum absolute atomic E-state index is 0.0224. The highest BCUT2D eigenvalue weighted by Crippen LogP contribution is 2.19. The summed E-state index contributed by atoms with van der Waals surface area (Å²) >= 11 is 0. The summed E-state index contributed by atoms with van der Waals surface area (Å²) in [5.41, 5.74) is 5.74. The third-order valence-electron chi connectivity index (χ3n) is 2.63. The second kappa shape index (κ2) is 5.79. The molecule has 0 heterocycles. The van der Waals surface area contributed by atoms with Gasteiger partial charge in [-0.05, 0) is 13.8 Å². The molecule has 0 aliphatic rings. The highest BCUT2D eigenvalue weighted by atomic mass is 16.6. The summed E-state index contributed by atoms with van der Waals surface area (Å²) in [7, 11) is 1.62. The molecule has 1 aromatic rings. The molecule has 0 aromatic heterocycles. The quantitative estimate of drug-likeness (QED) is 0.648. The van der Waals surface area contributed by atoms with Crippen LogP contribution in [-0.4, -0.2) is 28.3 Å². The Hall–Kier alpha value is -1.95. The first-order chi connectivity index (χ1) is 8.70. The second-order valence-electron chi connectivity index (χ2n) is 5.30. The number of hydrogen-bond donors (Lipinski definition) is 1. The lowest BCUT2D eigenvalue weighted by Crippen LogP contribution is -2.39. The van der Waals surface area contributed by atoms with E-state index in [4.69, 9.17) is 5.73 Å². The fourth-order valence-electron chi connectivity index (χ4n) is 1.69. The van der Waals surface area contributed by atoms with Gasteiger partial charge in [0.1, 0.15) is 0 Å². The number of rotatable bonds is 5. The van der Waals surface area contributed by atoms with E-state index >= 15 is 0 Å². The standard InChI is InChI=1S/C13H19N3O3/c1-13(2,14)8-12(17)15(3)9-10-6-4-5-7-11(10)16(18)19/h4-7H,8-9,14H2,1-3H3. The van der Waals surface area contributed by atoms with Crippen LogP contribution in [0, 0.1) is 10.1 Å². The Bertz CT molecular complexity index is 480. The molecule has 2 N–H and O–H groups in total. The van der Waals surface area contributed by atoms with Crippen LogP contribution in [0.3, 0.4) is 0 Å². The molecule has 6 heteroatoms. The summed E-state index contributed by atoms with van der Waals surface area (Å²) in [4.78, 5) is 23.8. The number of amides is 1. The van der Waals surface area contributed by atoms with E-state index in [0.717, 1.165) is 0 Å². The highest BCUT2D eigenvalue weighted by Gasteiger charge is 2.21. The molecule has 0 fully saturated rings. The number of nitro benzene ring substituents is 1. The average molecular weight is 265 g/mol. The van der Waals surface area contributed by atoms with E-state index in [1.54, 1.807) is 39.1 Å². The average Bonchev–Trinajstić information content (AvgIpc) is 2.27. The topological polar surface area (TPSA) is 89.5 Å². The van der Waals surface area contributed by atoms with Gasteiger partial charge in [-0.1, -0.05) is 18.2 Å². The van der Waals surface area contributed by atoms with E-state index < -0.39 is 10.5 Å². The van der Waals surface area contributed by atoms with Crippen molar-refractivity contribution in [3.63, 3.8) is 0 Å². The van der Waals surface area contributed by atoms with Gasteiger partial charge in [0, 0.05) is 30.6 Å². The van der Waals surface area contributed by atoms with Crippen LogP contribution in [0.4, 0.5) is 5.69 Å². The molecule has 0 radical (unpaired) electrons. The Morgan fingerprint density at radius 1 is 1.42 bits per heavy atom. The number of nitro groups is 1. The predicted octanol–water partition coefficient (Wildman–Crippen LogP) is 1.68. The van der Waals surface area contributed by atoms with Crippen molar-refractivity contribution in [2.75, 3.05) is 7.05 Å². The van der Waals surface area contributed by atoms with Crippen molar-refractivity contribution in [1.29, 1.82) is 0 Å². The van der Waals surface area contributed by atoms with Gasteiger partial charge in [-0.3, -0.25) is 14.9 Å². The summed E-state index contributed by atoms with van der Waals surface area (Å²) in [6, 6.07) is 6.40. The third kappa shape index (κ3) is 4.67. The lowest BCUT2D eigenvalue weighted by Gasteiger charge is -2.23. The van der Waals surface area contributed by atoms with Crippen LogP contribution in [0.2, 0.25) is 0 Å². The molecule has 0 saturated carbocycles. The van der Waals surface area contributed by atoms with Crippen LogP contribution in [-0.2, 0) is 11.3 Å². The smallest absolute Gasteiger partial charge is 0.274 e. The number of hydrogen-bond acceptors (Lipinski definition) is 4. The Balaban J connectivity index is 2.80. The molecule has 0 spiro atoms. The fraction of sp³-hybridized carbons (Fsp3) is 0.462. The summed E-state index contributed by atoms with van der Waals surface area (Å²) in [6.07, 6.45) is 0.199. The number of carbonyl (C=O) groups is 1. The zero-order chi connectivity index (χ0) is 14.6. The summed E-state index contributed by atoms with van der Waals surface area (Å²) < 4.78 is 0. The zero-order valence-corrected chi connectivity index (χ0v) is 11.4. The minimum atomic E-state index is -0.589. The first kappa shape index (κ1) is 15.1. The van der Waals surface area contributed by atoms with Gasteiger partial charge in [0.25, 0.3) is 5.69 Å². The molecule has 0 bridgehead atoms. The van der Waals surface area contributed by atoms with E-state index in [9.17, 15) is 14.9 Å². The Morgan fingerprint density at radius 2 is 2.00 bits per heavy atom. The van der Waals surface area contributed by atoms with Crippen molar-refractivity contribution < 1.29 is 9.72 Å². The van der Waals surface area contributed by atoms with Gasteiger partial charge < -0.3 is 10.6 Å². The van der Waals surface area contributed by atoms with Crippen LogP contribution in [0.15, 0.2) is 24.3 Å². The normalized spacial score (nSPS) is 11.2. The van der Waals surface area contributed by atoms with Crippen molar-refractivity contribution >= 4 is 11.6 Å². The zero-order valence-electron chi connectivity index (χ0n) is 11.4. The molecule has 104 valence electrons. The van der Waals surface area contributed by atoms with E-state index in [2.05, 4.69) is 0 Å². The Morgan fingerprint density at radius 3 is 2.53 bits per heavy atom. The van der Waals surface area contributed by atoms with E-state index in [1.807, 2.05) is 0 Å². The molecular formula is C13H19N3O3. The van der Waals surface area contributed by atoms with E-state index in [0.29, 0.717) is 5.56 Å². The summed E-state index contributed by atoms with van der Waals surface area (Å²) in [6.45, 7) is 3.74. The van der Waals surface area contributed by atoms with Gasteiger partial charge in [-0.15, -0.1) is 0 Å². The molecule has 0 aliphatic carbocycles. The molecule has 1 aromatic carbocycles. The van der Waals surface area contributed by atoms with E-state index in [-0.39, 0.29) is 24.6 Å². The monoisotopic (exact) mass is 265 g/mol. The lowest BCUT2D eigenvalue weighted by atomic mass is 10.0. The van der Waals surface area contributed by atoms with Crippen LogP contribution in [0.25, 0.3) is 0 Å². The van der Waals surface area contributed by atoms with Crippen molar-refractivity contribution in [2.45, 2.75) is 32.4 Å². The van der Waals surface area contributed by atoms with Crippen LogP contribution in [0.5, 0.6) is 0 Å².